The summed E-state index contributed by atoms with van der Waals surface area (Å²) in [5.41, 5.74) is 8.55. The fourth-order valence-electron chi connectivity index (χ4n) is 7.91. The highest BCUT2D eigenvalue weighted by Gasteiger charge is 2.22. The summed E-state index contributed by atoms with van der Waals surface area (Å²) in [6.45, 7) is 0. The van der Waals surface area contributed by atoms with Crippen LogP contribution in [0.25, 0.3) is 80.4 Å². The van der Waals surface area contributed by atoms with Crippen LogP contribution in [0.3, 0.4) is 0 Å². The highest BCUT2D eigenvalue weighted by atomic mass is 32.1. The van der Waals surface area contributed by atoms with Gasteiger partial charge in [-0.25, -0.2) is 0 Å². The van der Waals surface area contributed by atoms with Crippen LogP contribution in [0.4, 0.5) is 17.1 Å². The molecule has 0 aliphatic rings. The summed E-state index contributed by atoms with van der Waals surface area (Å²) in [6, 6.07) is 61.3. The summed E-state index contributed by atoms with van der Waals surface area (Å²) >= 11 is 1.85. The third-order valence-electron chi connectivity index (χ3n) is 10.1. The molecular formula is C46H28N2OS. The zero-order valence-electron chi connectivity index (χ0n) is 26.9. The van der Waals surface area contributed by atoms with Crippen LogP contribution in [0.2, 0.25) is 0 Å². The smallest absolute Gasteiger partial charge is 0.137 e. The number of para-hydroxylation sites is 2. The average molecular weight is 657 g/mol. The number of rotatable bonds is 4. The molecule has 3 aromatic heterocycles. The van der Waals surface area contributed by atoms with Crippen LogP contribution < -0.4 is 4.90 Å². The first-order chi connectivity index (χ1) is 24.8. The Morgan fingerprint density at radius 2 is 1.10 bits per heavy atom. The lowest BCUT2D eigenvalue weighted by atomic mass is 10.0. The minimum atomic E-state index is 0.875. The van der Waals surface area contributed by atoms with Crippen LogP contribution in [0.1, 0.15) is 0 Å². The van der Waals surface area contributed by atoms with Gasteiger partial charge < -0.3 is 13.9 Å². The number of hydrogen-bond acceptors (Lipinski definition) is 3. The fourth-order valence-corrected chi connectivity index (χ4v) is 9.04. The predicted octanol–water partition coefficient (Wildman–Crippen LogP) is 13.7. The van der Waals surface area contributed by atoms with Gasteiger partial charge >= 0.3 is 0 Å². The molecule has 3 nitrogen and oxygen atoms in total. The van der Waals surface area contributed by atoms with Gasteiger partial charge in [0.2, 0.25) is 0 Å². The molecule has 0 radical (unpaired) electrons. The Bertz CT molecular complexity index is 3110. The van der Waals surface area contributed by atoms with Gasteiger partial charge in [-0.15, -0.1) is 11.3 Å². The van der Waals surface area contributed by atoms with Gasteiger partial charge in [-0.2, -0.15) is 0 Å². The molecule has 11 rings (SSSR count). The minimum Gasteiger partial charge on any atom is -0.456 e. The van der Waals surface area contributed by atoms with Crippen LogP contribution in [0.15, 0.2) is 174 Å². The van der Waals surface area contributed by atoms with Crippen LogP contribution >= 0.6 is 11.3 Å². The Morgan fingerprint density at radius 1 is 0.440 bits per heavy atom. The molecule has 0 aliphatic heterocycles. The molecule has 0 saturated heterocycles. The van der Waals surface area contributed by atoms with Gasteiger partial charge in [0.05, 0.1) is 16.7 Å². The highest BCUT2D eigenvalue weighted by Crippen LogP contribution is 2.47. The molecule has 0 unspecified atom stereocenters. The zero-order valence-corrected chi connectivity index (χ0v) is 27.7. The van der Waals surface area contributed by atoms with Gasteiger partial charge in [-0.3, -0.25) is 0 Å². The number of nitrogens with zero attached hydrogens (tertiary/aromatic N) is 2. The largest absolute Gasteiger partial charge is 0.456 e. The van der Waals surface area contributed by atoms with Crippen LogP contribution in [-0.2, 0) is 0 Å². The van der Waals surface area contributed by atoms with E-state index in [0.717, 1.165) is 44.7 Å². The molecule has 0 atom stereocenters. The topological polar surface area (TPSA) is 21.3 Å². The number of thiophene rings is 1. The molecule has 0 N–H and O–H groups in total. The highest BCUT2D eigenvalue weighted by molar-refractivity contribution is 7.26. The molecule has 11 aromatic rings. The van der Waals surface area contributed by atoms with Crippen LogP contribution in [0, 0.1) is 0 Å². The number of aromatic nitrogens is 1. The Morgan fingerprint density at radius 3 is 1.98 bits per heavy atom. The molecule has 0 saturated carbocycles. The second-order valence-electron chi connectivity index (χ2n) is 13.0. The first-order valence-corrected chi connectivity index (χ1v) is 17.7. The third-order valence-corrected chi connectivity index (χ3v) is 11.3. The van der Waals surface area contributed by atoms with Crippen molar-refractivity contribution in [3.8, 4) is 5.69 Å². The van der Waals surface area contributed by atoms with Gasteiger partial charge in [0.15, 0.2) is 0 Å². The molecule has 0 amide bonds. The van der Waals surface area contributed by atoms with E-state index in [4.69, 9.17) is 4.42 Å². The lowest BCUT2D eigenvalue weighted by Crippen LogP contribution is -2.10. The second-order valence-corrected chi connectivity index (χ2v) is 14.0. The van der Waals surface area contributed by atoms with Crippen molar-refractivity contribution in [2.75, 3.05) is 4.90 Å². The Balaban J connectivity index is 1.21. The second kappa shape index (κ2) is 10.6. The molecule has 0 bridgehead atoms. The maximum Gasteiger partial charge on any atom is 0.137 e. The van der Waals surface area contributed by atoms with Crippen molar-refractivity contribution in [2.24, 2.45) is 0 Å². The molecule has 3 heterocycles. The molecule has 0 fully saturated rings. The van der Waals surface area contributed by atoms with E-state index >= 15 is 0 Å². The zero-order chi connectivity index (χ0) is 32.8. The maximum atomic E-state index is 6.62. The van der Waals surface area contributed by atoms with Gasteiger partial charge in [0.25, 0.3) is 0 Å². The van der Waals surface area contributed by atoms with E-state index in [1.54, 1.807) is 0 Å². The standard InChI is InChI=1S/C46H28N2OS/c1-2-13-31(14-3-1)48-39-17-8-6-15-34(39)35-23-21-32(27-41(35)48)47(40-18-10-20-45-46(40)37-16-7-9-19-44(37)50-45)33-22-24-36-38-25-29-11-4-5-12-30(29)26-42(38)49-43(36)28-33/h1-28H. The van der Waals surface area contributed by atoms with E-state index in [2.05, 4.69) is 179 Å². The first-order valence-electron chi connectivity index (χ1n) is 16.9. The summed E-state index contributed by atoms with van der Waals surface area (Å²) in [6.07, 6.45) is 0. The van der Waals surface area contributed by atoms with E-state index < -0.39 is 0 Å². The lowest BCUT2D eigenvalue weighted by Gasteiger charge is -2.27. The summed E-state index contributed by atoms with van der Waals surface area (Å²) < 4.78 is 11.6. The molecule has 0 aliphatic carbocycles. The van der Waals surface area contributed by atoms with Crippen molar-refractivity contribution >= 4 is 103 Å². The SMILES string of the molecule is c1ccc(-n2c3ccccc3c3ccc(N(c4ccc5c(c4)oc4cc6ccccc6cc45)c4cccc5sc6ccccc6c45)cc32)cc1. The Hall–Kier alpha value is -6.36. The van der Waals surface area contributed by atoms with Crippen molar-refractivity contribution in [3.63, 3.8) is 0 Å². The number of anilines is 3. The Labute approximate surface area is 291 Å². The summed E-state index contributed by atoms with van der Waals surface area (Å²) in [4.78, 5) is 2.41. The van der Waals surface area contributed by atoms with E-state index in [1.165, 1.54) is 52.8 Å². The molecule has 234 valence electrons. The van der Waals surface area contributed by atoms with Gasteiger partial charge in [0, 0.05) is 64.8 Å². The quantitative estimate of drug-likeness (QED) is 0.188. The molecule has 50 heavy (non-hydrogen) atoms. The van der Waals surface area contributed by atoms with Gasteiger partial charge in [-0.1, -0.05) is 91.0 Å². The van der Waals surface area contributed by atoms with E-state index in [1.807, 2.05) is 11.3 Å². The number of furan rings is 1. The number of benzene rings is 8. The fraction of sp³-hybridized carbons (Fsp3) is 0. The van der Waals surface area contributed by atoms with Crippen LogP contribution in [0.5, 0.6) is 0 Å². The van der Waals surface area contributed by atoms with Gasteiger partial charge in [-0.05, 0) is 83.6 Å². The number of fused-ring (bicyclic) bond motifs is 10. The minimum absolute atomic E-state index is 0.875. The summed E-state index contributed by atoms with van der Waals surface area (Å²) in [5.74, 6) is 0. The van der Waals surface area contributed by atoms with E-state index in [-0.39, 0.29) is 0 Å². The van der Waals surface area contributed by atoms with Gasteiger partial charge in [0.1, 0.15) is 11.2 Å². The van der Waals surface area contributed by atoms with E-state index in [0.29, 0.717) is 0 Å². The monoisotopic (exact) mass is 656 g/mol. The van der Waals surface area contributed by atoms with E-state index in [9.17, 15) is 0 Å². The maximum absolute atomic E-state index is 6.62. The number of hydrogen-bond donors (Lipinski definition) is 0. The van der Waals surface area contributed by atoms with Crippen molar-refractivity contribution < 1.29 is 4.42 Å². The summed E-state index contributed by atoms with van der Waals surface area (Å²) in [7, 11) is 0. The average Bonchev–Trinajstić information content (AvgIpc) is 3.83. The molecule has 0 spiro atoms. The molecule has 8 aromatic carbocycles. The van der Waals surface area contributed by atoms with Crippen molar-refractivity contribution in [2.45, 2.75) is 0 Å². The molecular weight excluding hydrogens is 629 g/mol. The third kappa shape index (κ3) is 4.03. The normalized spacial score (nSPS) is 12.0. The molecule has 4 heteroatoms. The lowest BCUT2D eigenvalue weighted by molar-refractivity contribution is 0.669. The van der Waals surface area contributed by atoms with Crippen molar-refractivity contribution in [1.82, 2.24) is 4.57 Å². The van der Waals surface area contributed by atoms with Crippen molar-refractivity contribution in [1.29, 1.82) is 0 Å². The summed E-state index contributed by atoms with van der Waals surface area (Å²) in [5, 5.41) is 9.64. The first kappa shape index (κ1) is 27.6. The van der Waals surface area contributed by atoms with Crippen molar-refractivity contribution in [3.05, 3.63) is 170 Å². The Kier molecular flexibility index (Phi) is 5.83. The van der Waals surface area contributed by atoms with Crippen LogP contribution in [-0.4, -0.2) is 4.57 Å². The predicted molar refractivity (Wildman–Crippen MR) is 213 cm³/mol.